The summed E-state index contributed by atoms with van der Waals surface area (Å²) < 4.78 is 3.40. The minimum Gasteiger partial charge on any atom is -0.354 e. The Kier molecular flexibility index (Phi) is 5.01. The zero-order valence-electron chi connectivity index (χ0n) is 17.2. The van der Waals surface area contributed by atoms with Gasteiger partial charge in [-0.2, -0.15) is 10.2 Å². The molecular weight excluding hydrogens is 392 g/mol. The molecule has 0 bridgehead atoms. The fourth-order valence-electron chi connectivity index (χ4n) is 3.66. The number of aromatic nitrogens is 6. The summed E-state index contributed by atoms with van der Waals surface area (Å²) in [6, 6.07) is 10.9. The topological polar surface area (TPSA) is 85.0 Å². The molecule has 5 rings (SSSR count). The minimum absolute atomic E-state index is 0.166. The van der Waals surface area contributed by atoms with Crippen LogP contribution in [0.15, 0.2) is 72.2 Å². The van der Waals surface area contributed by atoms with Crippen molar-refractivity contribution in [1.82, 2.24) is 34.4 Å². The van der Waals surface area contributed by atoms with Crippen molar-refractivity contribution < 1.29 is 0 Å². The van der Waals surface area contributed by atoms with E-state index in [2.05, 4.69) is 37.0 Å². The van der Waals surface area contributed by atoms with Crippen molar-refractivity contribution in [1.29, 1.82) is 0 Å². The van der Waals surface area contributed by atoms with Crippen LogP contribution in [0.25, 0.3) is 22.8 Å². The van der Waals surface area contributed by atoms with Gasteiger partial charge in [-0.3, -0.25) is 9.78 Å². The van der Waals surface area contributed by atoms with E-state index >= 15 is 0 Å². The first kappa shape index (κ1) is 19.1. The molecule has 0 spiro atoms. The number of piperazine rings is 1. The number of hydrogen-bond donors (Lipinski definition) is 0. The van der Waals surface area contributed by atoms with E-state index in [9.17, 15) is 4.79 Å². The number of hydrogen-bond acceptors (Lipinski definition) is 7. The number of nitrogens with zero attached hydrogens (tertiary/aromatic N) is 8. The van der Waals surface area contributed by atoms with Gasteiger partial charge in [0.2, 0.25) is 5.43 Å². The van der Waals surface area contributed by atoms with Crippen LogP contribution < -0.4 is 10.3 Å². The third-order valence-corrected chi connectivity index (χ3v) is 5.42. The Bertz CT molecular complexity index is 1240. The van der Waals surface area contributed by atoms with Gasteiger partial charge in [-0.25, -0.2) is 14.3 Å². The summed E-state index contributed by atoms with van der Waals surface area (Å²) in [5.41, 5.74) is 2.45. The second kappa shape index (κ2) is 8.11. The Morgan fingerprint density at radius 3 is 2.45 bits per heavy atom. The Labute approximate surface area is 179 Å². The maximum Gasteiger partial charge on any atom is 0.209 e. The first-order valence-corrected chi connectivity index (χ1v) is 10.1. The summed E-state index contributed by atoms with van der Waals surface area (Å²) in [5.74, 6) is 0.905. The number of anilines is 1. The van der Waals surface area contributed by atoms with Gasteiger partial charge in [0, 0.05) is 63.1 Å². The zero-order valence-corrected chi connectivity index (χ0v) is 17.2. The highest BCUT2D eigenvalue weighted by atomic mass is 16.1. The Morgan fingerprint density at radius 2 is 1.65 bits per heavy atom. The van der Waals surface area contributed by atoms with E-state index in [1.54, 1.807) is 46.4 Å². The predicted molar refractivity (Wildman–Crippen MR) is 118 cm³/mol. The van der Waals surface area contributed by atoms with Crippen LogP contribution in [0.3, 0.4) is 0 Å². The molecule has 9 heteroatoms. The van der Waals surface area contributed by atoms with E-state index in [-0.39, 0.29) is 5.43 Å². The standard InChI is InChI=1S/C22H22N8O/c1-27-12-14-28(15-13-27)21-16-18(4-9-24-21)30-19(5-10-25-30)22-20(31)6-11-29(26-22)17-2-7-23-8-3-17/h2-11,16H,12-15H2,1H3. The quantitative estimate of drug-likeness (QED) is 0.502. The van der Waals surface area contributed by atoms with Crippen LogP contribution >= 0.6 is 0 Å². The second-order valence-electron chi connectivity index (χ2n) is 7.47. The van der Waals surface area contributed by atoms with Crippen molar-refractivity contribution in [3.05, 3.63) is 77.6 Å². The largest absolute Gasteiger partial charge is 0.354 e. The Balaban J connectivity index is 1.53. The molecule has 0 aliphatic carbocycles. The molecule has 1 aliphatic heterocycles. The molecule has 0 radical (unpaired) electrons. The molecule has 1 saturated heterocycles. The van der Waals surface area contributed by atoms with Crippen LogP contribution in [0.4, 0.5) is 5.82 Å². The zero-order chi connectivity index (χ0) is 21.2. The highest BCUT2D eigenvalue weighted by molar-refractivity contribution is 5.58. The fraction of sp³-hybridized carbons (Fsp3) is 0.227. The number of pyridine rings is 2. The van der Waals surface area contributed by atoms with Gasteiger partial charge in [-0.1, -0.05) is 0 Å². The minimum atomic E-state index is -0.166. The number of rotatable bonds is 4. The van der Waals surface area contributed by atoms with Crippen LogP contribution in [-0.4, -0.2) is 67.7 Å². The van der Waals surface area contributed by atoms with E-state index in [0.717, 1.165) is 43.4 Å². The Morgan fingerprint density at radius 1 is 0.871 bits per heavy atom. The van der Waals surface area contributed by atoms with Gasteiger partial charge in [0.15, 0.2) is 5.69 Å². The second-order valence-corrected chi connectivity index (χ2v) is 7.47. The molecule has 0 atom stereocenters. The molecule has 0 aromatic carbocycles. The van der Waals surface area contributed by atoms with Gasteiger partial charge in [-0.15, -0.1) is 0 Å². The third-order valence-electron chi connectivity index (χ3n) is 5.42. The van der Waals surface area contributed by atoms with Crippen molar-refractivity contribution in [2.75, 3.05) is 38.1 Å². The molecule has 4 aromatic rings. The molecule has 156 valence electrons. The Hall–Kier alpha value is -3.85. The summed E-state index contributed by atoms with van der Waals surface area (Å²) >= 11 is 0. The third kappa shape index (κ3) is 3.82. The van der Waals surface area contributed by atoms with Crippen molar-refractivity contribution in [3.8, 4) is 22.8 Å². The van der Waals surface area contributed by atoms with Crippen LogP contribution in [0.1, 0.15) is 0 Å². The molecule has 0 unspecified atom stereocenters. The normalized spacial score (nSPS) is 14.7. The van der Waals surface area contributed by atoms with E-state index in [1.807, 2.05) is 24.3 Å². The van der Waals surface area contributed by atoms with Gasteiger partial charge in [0.1, 0.15) is 5.82 Å². The van der Waals surface area contributed by atoms with Gasteiger partial charge < -0.3 is 9.80 Å². The monoisotopic (exact) mass is 414 g/mol. The molecule has 4 aromatic heterocycles. The molecule has 1 aliphatic rings. The van der Waals surface area contributed by atoms with Gasteiger partial charge in [0.25, 0.3) is 0 Å². The highest BCUT2D eigenvalue weighted by Crippen LogP contribution is 2.22. The molecule has 5 heterocycles. The van der Waals surface area contributed by atoms with Gasteiger partial charge in [0.05, 0.1) is 23.3 Å². The van der Waals surface area contributed by atoms with E-state index in [4.69, 9.17) is 0 Å². The first-order valence-electron chi connectivity index (χ1n) is 10.1. The lowest BCUT2D eigenvalue weighted by molar-refractivity contribution is 0.312. The maximum absolute atomic E-state index is 12.7. The van der Waals surface area contributed by atoms with Crippen LogP contribution in [-0.2, 0) is 0 Å². The predicted octanol–water partition coefficient (Wildman–Crippen LogP) is 1.63. The van der Waals surface area contributed by atoms with Crippen LogP contribution in [0.2, 0.25) is 0 Å². The van der Waals surface area contributed by atoms with Gasteiger partial charge >= 0.3 is 0 Å². The maximum atomic E-state index is 12.7. The summed E-state index contributed by atoms with van der Waals surface area (Å²) in [5, 5.41) is 9.04. The van der Waals surface area contributed by atoms with Crippen LogP contribution in [0, 0.1) is 0 Å². The molecule has 0 saturated carbocycles. The molecule has 1 fully saturated rings. The average Bonchev–Trinajstić information content (AvgIpc) is 3.30. The van der Waals surface area contributed by atoms with Crippen molar-refractivity contribution in [2.45, 2.75) is 0 Å². The van der Waals surface area contributed by atoms with E-state index in [1.165, 1.54) is 6.07 Å². The SMILES string of the molecule is CN1CCN(c2cc(-n3nccc3-c3nn(-c4ccncc4)ccc3=O)ccn2)CC1. The lowest BCUT2D eigenvalue weighted by atomic mass is 10.2. The summed E-state index contributed by atoms with van der Waals surface area (Å²) in [6.07, 6.45) is 8.49. The summed E-state index contributed by atoms with van der Waals surface area (Å²) in [7, 11) is 2.13. The van der Waals surface area contributed by atoms with E-state index in [0.29, 0.717) is 11.4 Å². The lowest BCUT2D eigenvalue weighted by Gasteiger charge is -2.33. The molecular formula is C22H22N8O. The molecule has 0 amide bonds. The average molecular weight is 414 g/mol. The van der Waals surface area contributed by atoms with Crippen LogP contribution in [0.5, 0.6) is 0 Å². The highest BCUT2D eigenvalue weighted by Gasteiger charge is 2.18. The van der Waals surface area contributed by atoms with E-state index < -0.39 is 0 Å². The number of likely N-dealkylation sites (N-methyl/N-ethyl adjacent to an activating group) is 1. The molecule has 0 N–H and O–H groups in total. The van der Waals surface area contributed by atoms with Crippen molar-refractivity contribution in [2.24, 2.45) is 0 Å². The molecule has 9 nitrogen and oxygen atoms in total. The van der Waals surface area contributed by atoms with Crippen molar-refractivity contribution >= 4 is 5.82 Å². The first-order chi connectivity index (χ1) is 15.2. The summed E-state index contributed by atoms with van der Waals surface area (Å²) in [6.45, 7) is 3.86. The van der Waals surface area contributed by atoms with Gasteiger partial charge in [-0.05, 0) is 31.3 Å². The smallest absolute Gasteiger partial charge is 0.209 e. The summed E-state index contributed by atoms with van der Waals surface area (Å²) in [4.78, 5) is 25.8. The lowest BCUT2D eigenvalue weighted by Crippen LogP contribution is -2.44. The molecule has 31 heavy (non-hydrogen) atoms. The van der Waals surface area contributed by atoms with Crippen molar-refractivity contribution in [3.63, 3.8) is 0 Å². The fourth-order valence-corrected chi connectivity index (χ4v) is 3.66.